The van der Waals surface area contributed by atoms with Gasteiger partial charge in [-0.3, -0.25) is 9.89 Å². The summed E-state index contributed by atoms with van der Waals surface area (Å²) in [5, 5.41) is 9.76. The Kier molecular flexibility index (Phi) is 4.91. The van der Waals surface area contributed by atoms with Gasteiger partial charge in [-0.15, -0.1) is 0 Å². The molecule has 2 aromatic carbocycles. The first-order valence-corrected chi connectivity index (χ1v) is 11.2. The number of aromatic amines is 1. The number of amides is 1. The monoisotopic (exact) mass is 501 g/mol. The first-order valence-electron chi connectivity index (χ1n) is 9.65. The standard InChI is InChI=1S/C22H20IN3O3/c23-12-28-20-9-15(17-10-21(27)25-22-18(17)11-24-26-22)6-7-19(20)29-16-3-1-2-14(8-16)13-4-5-13/h1-3,6-9,11,13,17H,4-5,10,12H2,(H2,24,25,26,27). The summed E-state index contributed by atoms with van der Waals surface area (Å²) in [5.74, 6) is 3.40. The van der Waals surface area contributed by atoms with Crippen LogP contribution in [0.25, 0.3) is 0 Å². The second kappa shape index (κ2) is 7.70. The normalized spacial score (nSPS) is 18.1. The fourth-order valence-electron chi connectivity index (χ4n) is 3.82. The second-order valence-corrected chi connectivity index (χ2v) is 8.04. The summed E-state index contributed by atoms with van der Waals surface area (Å²) in [7, 11) is 0. The number of rotatable bonds is 6. The number of H-pyrrole nitrogens is 1. The number of carbonyl (C=O) groups is 1. The molecule has 0 radical (unpaired) electrons. The number of hydrogen-bond donors (Lipinski definition) is 2. The molecule has 1 atom stereocenters. The van der Waals surface area contributed by atoms with Crippen molar-refractivity contribution in [2.45, 2.75) is 31.1 Å². The molecule has 0 saturated heterocycles. The number of nitrogens with one attached hydrogen (secondary N) is 2. The summed E-state index contributed by atoms with van der Waals surface area (Å²) in [6, 6.07) is 14.2. The van der Waals surface area contributed by atoms with E-state index in [1.54, 1.807) is 6.20 Å². The van der Waals surface area contributed by atoms with Crippen LogP contribution in [0.5, 0.6) is 17.2 Å². The Balaban J connectivity index is 1.46. The van der Waals surface area contributed by atoms with Crippen LogP contribution in [0, 0.1) is 0 Å². The van der Waals surface area contributed by atoms with Gasteiger partial charge < -0.3 is 14.8 Å². The number of alkyl halides is 1. The van der Waals surface area contributed by atoms with Gasteiger partial charge in [-0.1, -0.05) is 18.2 Å². The van der Waals surface area contributed by atoms with E-state index < -0.39 is 0 Å². The number of ether oxygens (including phenoxy) is 2. The quantitative estimate of drug-likeness (QED) is 0.354. The molecule has 2 aliphatic rings. The molecule has 29 heavy (non-hydrogen) atoms. The average molecular weight is 501 g/mol. The number of carbonyl (C=O) groups excluding carboxylic acids is 1. The minimum atomic E-state index is -0.0682. The Morgan fingerprint density at radius 2 is 2.00 bits per heavy atom. The number of anilines is 1. The summed E-state index contributed by atoms with van der Waals surface area (Å²) >= 11 is 2.17. The van der Waals surface area contributed by atoms with Crippen LogP contribution >= 0.6 is 22.6 Å². The highest BCUT2D eigenvalue weighted by molar-refractivity contribution is 14.1. The van der Waals surface area contributed by atoms with E-state index in [1.807, 2.05) is 30.3 Å². The zero-order valence-electron chi connectivity index (χ0n) is 15.7. The van der Waals surface area contributed by atoms with Crippen molar-refractivity contribution in [2.24, 2.45) is 0 Å². The van der Waals surface area contributed by atoms with Gasteiger partial charge in [0.1, 0.15) is 16.2 Å². The molecule has 5 rings (SSSR count). The number of fused-ring (bicyclic) bond motifs is 1. The molecule has 2 N–H and O–H groups in total. The van der Waals surface area contributed by atoms with Crippen molar-refractivity contribution >= 4 is 34.3 Å². The SMILES string of the molecule is O=C1CC(c2ccc(Oc3cccc(C4CC4)c3)c(OCI)c2)c2cn[nH]c2N1. The van der Waals surface area contributed by atoms with Crippen molar-refractivity contribution in [3.63, 3.8) is 0 Å². The molecule has 3 aromatic rings. The van der Waals surface area contributed by atoms with Crippen LogP contribution in [-0.2, 0) is 4.79 Å². The Morgan fingerprint density at radius 3 is 2.83 bits per heavy atom. The van der Waals surface area contributed by atoms with Gasteiger partial charge in [0.05, 0.1) is 6.20 Å². The predicted molar refractivity (Wildman–Crippen MR) is 118 cm³/mol. The van der Waals surface area contributed by atoms with Crippen molar-refractivity contribution in [3.05, 3.63) is 65.4 Å². The lowest BCUT2D eigenvalue weighted by Crippen LogP contribution is -2.23. The second-order valence-electron chi connectivity index (χ2n) is 7.41. The maximum Gasteiger partial charge on any atom is 0.226 e. The van der Waals surface area contributed by atoms with Crippen LogP contribution in [0.2, 0.25) is 0 Å². The van der Waals surface area contributed by atoms with E-state index in [-0.39, 0.29) is 11.8 Å². The largest absolute Gasteiger partial charge is 0.479 e. The molecule has 1 aliphatic carbocycles. The van der Waals surface area contributed by atoms with Crippen molar-refractivity contribution in [2.75, 3.05) is 9.93 Å². The maximum atomic E-state index is 12.1. The molecule has 0 spiro atoms. The fraction of sp³-hybridized carbons (Fsp3) is 0.273. The summed E-state index contributed by atoms with van der Waals surface area (Å²) in [6.07, 6.45) is 4.66. The predicted octanol–water partition coefficient (Wildman–Crippen LogP) is 5.32. The molecule has 6 nitrogen and oxygen atoms in total. The van der Waals surface area contributed by atoms with Crippen LogP contribution in [0.15, 0.2) is 48.7 Å². The topological polar surface area (TPSA) is 76.2 Å². The number of nitrogens with zero attached hydrogens (tertiary/aromatic N) is 1. The molecule has 0 bridgehead atoms. The molecule has 7 heteroatoms. The Bertz CT molecular complexity index is 1060. The van der Waals surface area contributed by atoms with Crippen LogP contribution in [0.3, 0.4) is 0 Å². The number of halogens is 1. The van der Waals surface area contributed by atoms with E-state index in [4.69, 9.17) is 9.47 Å². The van der Waals surface area contributed by atoms with Gasteiger partial charge in [0.2, 0.25) is 5.91 Å². The van der Waals surface area contributed by atoms with Gasteiger partial charge in [-0.2, -0.15) is 5.10 Å². The van der Waals surface area contributed by atoms with E-state index in [0.29, 0.717) is 34.3 Å². The third-order valence-electron chi connectivity index (χ3n) is 5.41. The molecular formula is C22H20IN3O3. The summed E-state index contributed by atoms with van der Waals surface area (Å²) < 4.78 is 12.5. The first kappa shape index (κ1) is 18.5. The minimum absolute atomic E-state index is 0.0275. The molecule has 1 aliphatic heterocycles. The summed E-state index contributed by atoms with van der Waals surface area (Å²) in [4.78, 5) is 12.1. The zero-order valence-corrected chi connectivity index (χ0v) is 17.8. The highest BCUT2D eigenvalue weighted by Gasteiger charge is 2.29. The lowest BCUT2D eigenvalue weighted by atomic mass is 9.87. The summed E-state index contributed by atoms with van der Waals surface area (Å²) in [5.41, 5.74) is 3.31. The van der Waals surface area contributed by atoms with E-state index in [1.165, 1.54) is 18.4 Å². The zero-order chi connectivity index (χ0) is 19.8. The first-order chi connectivity index (χ1) is 14.2. The van der Waals surface area contributed by atoms with Gasteiger partial charge in [0.25, 0.3) is 0 Å². The van der Waals surface area contributed by atoms with E-state index in [9.17, 15) is 4.79 Å². The minimum Gasteiger partial charge on any atom is -0.479 e. The Hall–Kier alpha value is -2.55. The molecule has 1 amide bonds. The lowest BCUT2D eigenvalue weighted by molar-refractivity contribution is -0.116. The van der Waals surface area contributed by atoms with Crippen molar-refractivity contribution in [1.29, 1.82) is 0 Å². The van der Waals surface area contributed by atoms with Gasteiger partial charge >= 0.3 is 0 Å². The highest BCUT2D eigenvalue weighted by Crippen LogP contribution is 2.43. The molecule has 1 unspecified atom stereocenters. The third-order valence-corrected chi connectivity index (χ3v) is 5.72. The van der Waals surface area contributed by atoms with Crippen LogP contribution in [0.1, 0.15) is 47.8 Å². The smallest absolute Gasteiger partial charge is 0.226 e. The third kappa shape index (κ3) is 3.83. The van der Waals surface area contributed by atoms with Gasteiger partial charge in [0.15, 0.2) is 11.5 Å². The average Bonchev–Trinajstić information content (AvgIpc) is 3.47. The number of aromatic nitrogens is 2. The Labute approximate surface area is 182 Å². The molecule has 148 valence electrons. The van der Waals surface area contributed by atoms with Crippen molar-refractivity contribution in [1.82, 2.24) is 10.2 Å². The van der Waals surface area contributed by atoms with E-state index in [2.05, 4.69) is 50.2 Å². The van der Waals surface area contributed by atoms with Gasteiger partial charge in [-0.25, -0.2) is 0 Å². The summed E-state index contributed by atoms with van der Waals surface area (Å²) in [6.45, 7) is 0. The number of benzene rings is 2. The van der Waals surface area contributed by atoms with Crippen LogP contribution in [-0.4, -0.2) is 20.7 Å². The molecule has 1 aromatic heterocycles. The number of hydrogen-bond acceptors (Lipinski definition) is 4. The van der Waals surface area contributed by atoms with Crippen molar-refractivity contribution < 1.29 is 14.3 Å². The highest BCUT2D eigenvalue weighted by atomic mass is 127. The van der Waals surface area contributed by atoms with Crippen molar-refractivity contribution in [3.8, 4) is 17.2 Å². The van der Waals surface area contributed by atoms with E-state index in [0.717, 1.165) is 16.9 Å². The maximum absolute atomic E-state index is 12.1. The fourth-order valence-corrected chi connectivity index (χ4v) is 4.15. The van der Waals surface area contributed by atoms with Gasteiger partial charge in [-0.05, 0) is 76.7 Å². The molecule has 1 fully saturated rings. The van der Waals surface area contributed by atoms with Gasteiger partial charge in [0, 0.05) is 17.9 Å². The molecule has 2 heterocycles. The van der Waals surface area contributed by atoms with E-state index >= 15 is 0 Å². The lowest BCUT2D eigenvalue weighted by Gasteiger charge is -2.23. The molecule has 1 saturated carbocycles. The Morgan fingerprint density at radius 1 is 1.10 bits per heavy atom. The van der Waals surface area contributed by atoms with Crippen LogP contribution < -0.4 is 14.8 Å². The molecular weight excluding hydrogens is 481 g/mol. The van der Waals surface area contributed by atoms with Crippen LogP contribution in [0.4, 0.5) is 5.82 Å².